The van der Waals surface area contributed by atoms with E-state index in [0.29, 0.717) is 0 Å². The van der Waals surface area contributed by atoms with Crippen LogP contribution < -0.4 is 19.5 Å². The summed E-state index contributed by atoms with van der Waals surface area (Å²) in [6, 6.07) is 16.0. The molecule has 0 radical (unpaired) electrons. The summed E-state index contributed by atoms with van der Waals surface area (Å²) in [7, 11) is -5.20. The second kappa shape index (κ2) is 16.6. The van der Waals surface area contributed by atoms with E-state index in [0.717, 1.165) is 17.0 Å². The fourth-order valence-corrected chi connectivity index (χ4v) is 9.11. The minimum atomic E-state index is -5.13. The lowest BCUT2D eigenvalue weighted by Crippen LogP contribution is -2.30. The summed E-state index contributed by atoms with van der Waals surface area (Å²) in [4.78, 5) is 41.7. The molecule has 3 N–H and O–H groups in total. The molecule has 17 nitrogen and oxygen atoms in total. The Morgan fingerprint density at radius 1 is 0.831 bits per heavy atom. The Balaban J connectivity index is 1.64. The normalized spacial score (nSPS) is 13.1. The van der Waals surface area contributed by atoms with Crippen LogP contribution in [0, 0.1) is 0 Å². The number of nitrogens with zero attached hydrogens (tertiary/aromatic N) is 4. The molecule has 0 saturated heterocycles. The first kappa shape index (κ1) is 42.5. The number of halogens is 1. The third-order valence-electron chi connectivity index (χ3n) is 9.52. The minimum absolute atomic E-state index is 0.0136. The standard InChI is InChI=1S/C39H36ClN5O12S2/c1-6-44(7-2)58(50,51)21-15-16-29(55-3)28(17-21)42-43-35-33-22(13-10-14-32(33)59(52,53)54)25(20-45-38(48)23-11-8-9-12-24(23)39(45)49)34(36(35)46)37(47)41-27-18-26(40)30(56-4)19-31(27)57-5/h8-19,46H,6-7,20H2,1-5H3,(H,41,47)(H,52,53,54). The lowest BCUT2D eigenvalue weighted by atomic mass is 9.94. The van der Waals surface area contributed by atoms with Crippen molar-refractivity contribution in [2.24, 2.45) is 10.2 Å². The molecule has 6 rings (SSSR count). The number of benzene rings is 5. The van der Waals surface area contributed by atoms with Gasteiger partial charge < -0.3 is 24.6 Å². The highest BCUT2D eigenvalue weighted by molar-refractivity contribution is 7.89. The van der Waals surface area contributed by atoms with E-state index in [9.17, 15) is 40.9 Å². The number of rotatable bonds is 14. The predicted molar refractivity (Wildman–Crippen MR) is 216 cm³/mol. The number of phenolic OH excluding ortho intramolecular Hbond substituents is 1. The number of carbonyl (C=O) groups is 3. The molecule has 0 saturated carbocycles. The summed E-state index contributed by atoms with van der Waals surface area (Å²) in [6.07, 6.45) is 0. The van der Waals surface area contributed by atoms with Gasteiger partial charge in [0.25, 0.3) is 27.8 Å². The first-order chi connectivity index (χ1) is 28.0. The second-order valence-corrected chi connectivity index (χ2v) is 16.4. The maximum Gasteiger partial charge on any atom is 0.295 e. The number of imide groups is 1. The highest BCUT2D eigenvalue weighted by atomic mass is 35.5. The molecule has 5 aromatic rings. The summed E-state index contributed by atoms with van der Waals surface area (Å²) < 4.78 is 80.5. The molecule has 0 unspecified atom stereocenters. The molecule has 0 atom stereocenters. The predicted octanol–water partition coefficient (Wildman–Crippen LogP) is 6.97. The van der Waals surface area contributed by atoms with E-state index in [1.165, 1.54) is 74.2 Å². The lowest BCUT2D eigenvalue weighted by Gasteiger charge is -2.22. The zero-order valence-corrected chi connectivity index (χ0v) is 34.4. The molecule has 5 aromatic carbocycles. The van der Waals surface area contributed by atoms with Crippen LogP contribution >= 0.6 is 11.6 Å². The quantitative estimate of drug-likeness (QED) is 0.0584. The van der Waals surface area contributed by atoms with Crippen LogP contribution in [0.5, 0.6) is 23.0 Å². The topological polar surface area (TPSA) is 231 Å². The van der Waals surface area contributed by atoms with Crippen LogP contribution in [0.4, 0.5) is 17.1 Å². The molecule has 0 fully saturated rings. The Hall–Kier alpha value is -6.12. The van der Waals surface area contributed by atoms with Gasteiger partial charge in [0.1, 0.15) is 33.5 Å². The van der Waals surface area contributed by atoms with Gasteiger partial charge >= 0.3 is 0 Å². The average Bonchev–Trinajstić information content (AvgIpc) is 3.45. The van der Waals surface area contributed by atoms with Gasteiger partial charge in [-0.1, -0.05) is 49.7 Å². The first-order valence-electron chi connectivity index (χ1n) is 17.6. The Morgan fingerprint density at radius 2 is 1.46 bits per heavy atom. The molecule has 0 bridgehead atoms. The summed E-state index contributed by atoms with van der Waals surface area (Å²) in [6.45, 7) is 2.96. The molecule has 1 aliphatic rings. The van der Waals surface area contributed by atoms with Gasteiger partial charge in [-0.15, -0.1) is 10.2 Å². The highest BCUT2D eigenvalue weighted by Crippen LogP contribution is 2.47. The third kappa shape index (κ3) is 7.77. The molecule has 59 heavy (non-hydrogen) atoms. The number of aromatic hydroxyl groups is 1. The van der Waals surface area contributed by atoms with Gasteiger partial charge in [0, 0.05) is 24.5 Å². The van der Waals surface area contributed by atoms with E-state index in [1.807, 2.05) is 0 Å². The van der Waals surface area contributed by atoms with Gasteiger partial charge in [-0.25, -0.2) is 8.42 Å². The van der Waals surface area contributed by atoms with E-state index in [-0.39, 0.29) is 73.7 Å². The molecule has 0 aromatic heterocycles. The largest absolute Gasteiger partial charge is 0.505 e. The molecule has 20 heteroatoms. The van der Waals surface area contributed by atoms with Crippen molar-refractivity contribution in [1.29, 1.82) is 0 Å². The third-order valence-corrected chi connectivity index (χ3v) is 12.8. The van der Waals surface area contributed by atoms with E-state index in [4.69, 9.17) is 25.8 Å². The summed E-state index contributed by atoms with van der Waals surface area (Å²) in [5, 5.41) is 22.6. The minimum Gasteiger partial charge on any atom is -0.505 e. The van der Waals surface area contributed by atoms with Crippen molar-refractivity contribution >= 4 is 77.3 Å². The van der Waals surface area contributed by atoms with Crippen LogP contribution in [0.25, 0.3) is 10.8 Å². The number of hydrogen-bond acceptors (Lipinski definition) is 13. The molecule has 0 aliphatic carbocycles. The number of ether oxygens (including phenoxy) is 3. The van der Waals surface area contributed by atoms with E-state index in [1.54, 1.807) is 26.0 Å². The average molecular weight is 866 g/mol. The lowest BCUT2D eigenvalue weighted by molar-refractivity contribution is 0.0640. The fraction of sp³-hybridized carbons (Fsp3) is 0.205. The van der Waals surface area contributed by atoms with Gasteiger partial charge in [0.2, 0.25) is 10.0 Å². The van der Waals surface area contributed by atoms with Crippen LogP contribution in [0.3, 0.4) is 0 Å². The van der Waals surface area contributed by atoms with Crippen molar-refractivity contribution in [3.63, 3.8) is 0 Å². The number of nitrogens with one attached hydrogen (secondary N) is 1. The second-order valence-electron chi connectivity index (χ2n) is 12.7. The summed E-state index contributed by atoms with van der Waals surface area (Å²) >= 11 is 6.38. The zero-order chi connectivity index (χ0) is 43.0. The van der Waals surface area contributed by atoms with E-state index >= 15 is 0 Å². The molecule has 0 spiro atoms. The first-order valence-corrected chi connectivity index (χ1v) is 20.8. The number of sulfonamides is 1. The van der Waals surface area contributed by atoms with Crippen molar-refractivity contribution in [2.75, 3.05) is 39.7 Å². The number of anilines is 1. The van der Waals surface area contributed by atoms with Gasteiger partial charge in [-0.3, -0.25) is 23.8 Å². The van der Waals surface area contributed by atoms with Crippen molar-refractivity contribution in [1.82, 2.24) is 9.21 Å². The molecular weight excluding hydrogens is 830 g/mol. The SMILES string of the molecule is CCN(CC)S(=O)(=O)c1ccc(OC)c(N=Nc2c(O)c(C(=O)Nc3cc(Cl)c(OC)cc3OC)c(CN3C(=O)c4ccccc4C3=O)c3cccc(S(=O)(=O)O)c23)c1. The van der Waals surface area contributed by atoms with Crippen molar-refractivity contribution in [2.45, 2.75) is 30.2 Å². The number of amides is 3. The number of carbonyl (C=O) groups excluding carboxylic acids is 3. The van der Waals surface area contributed by atoms with Crippen LogP contribution in [-0.4, -0.2) is 87.8 Å². The molecule has 308 valence electrons. The molecular formula is C39H36ClN5O12S2. The maximum atomic E-state index is 14.6. The van der Waals surface area contributed by atoms with Crippen LogP contribution in [0.15, 0.2) is 92.8 Å². The van der Waals surface area contributed by atoms with Gasteiger partial charge in [0.05, 0.1) is 60.2 Å². The Morgan fingerprint density at radius 3 is 2.03 bits per heavy atom. The summed E-state index contributed by atoms with van der Waals surface area (Å²) in [5.41, 5.74) is -1.58. The Bertz CT molecular complexity index is 2780. The zero-order valence-electron chi connectivity index (χ0n) is 32.0. The smallest absolute Gasteiger partial charge is 0.295 e. The van der Waals surface area contributed by atoms with E-state index < -0.39 is 71.7 Å². The molecule has 1 aliphatic heterocycles. The van der Waals surface area contributed by atoms with Gasteiger partial charge in [0.15, 0.2) is 5.75 Å². The maximum absolute atomic E-state index is 14.6. The number of hydrogen-bond donors (Lipinski definition) is 3. The van der Waals surface area contributed by atoms with Crippen LogP contribution in [0.2, 0.25) is 5.02 Å². The fourth-order valence-electron chi connectivity index (χ4n) is 6.67. The number of azo groups is 1. The summed E-state index contributed by atoms with van der Waals surface area (Å²) in [5.74, 6) is -3.27. The van der Waals surface area contributed by atoms with Gasteiger partial charge in [-0.2, -0.15) is 12.7 Å². The van der Waals surface area contributed by atoms with Crippen molar-refractivity contribution < 1.29 is 55.1 Å². The molecule has 3 amide bonds. The van der Waals surface area contributed by atoms with Gasteiger partial charge in [-0.05, 0) is 53.4 Å². The number of phenols is 1. The number of methoxy groups -OCH3 is 3. The van der Waals surface area contributed by atoms with Crippen LogP contribution in [-0.2, 0) is 26.7 Å². The number of fused-ring (bicyclic) bond motifs is 2. The van der Waals surface area contributed by atoms with Crippen molar-refractivity contribution in [3.05, 3.63) is 100 Å². The highest BCUT2D eigenvalue weighted by Gasteiger charge is 2.38. The van der Waals surface area contributed by atoms with Crippen LogP contribution in [0.1, 0.15) is 50.5 Å². The Labute approximate surface area is 343 Å². The van der Waals surface area contributed by atoms with Crippen molar-refractivity contribution in [3.8, 4) is 23.0 Å². The monoisotopic (exact) mass is 865 g/mol. The van der Waals surface area contributed by atoms with E-state index in [2.05, 4.69) is 15.5 Å². The molecule has 1 heterocycles. The Kier molecular flexibility index (Phi) is 12.0.